The molecule has 1 aliphatic heterocycles. The second-order valence-electron chi connectivity index (χ2n) is 2.91. The molecule has 0 bridgehead atoms. The number of aliphatic imine (C=N–C) groups is 1. The molecular formula is C10H12ClN3O. The number of nitrogens with zero attached hydrogens (tertiary/aromatic N) is 2. The Morgan fingerprint density at radius 1 is 1.27 bits per heavy atom. The van der Waals surface area contributed by atoms with Crippen LogP contribution in [0, 0.1) is 0 Å². The zero-order valence-electron chi connectivity index (χ0n) is 8.09. The number of halogens is 1. The summed E-state index contributed by atoms with van der Waals surface area (Å²) in [4.78, 5) is 9.24. The lowest BCUT2D eigenvalue weighted by molar-refractivity contribution is 0.339. The first kappa shape index (κ1) is 11.5. The second-order valence-corrected chi connectivity index (χ2v) is 2.91. The molecule has 1 aromatic carbocycles. The van der Waals surface area contributed by atoms with E-state index < -0.39 is 0 Å². The third-order valence-corrected chi connectivity index (χ3v) is 1.79. The number of oxime groups is 1. The fourth-order valence-corrected chi connectivity index (χ4v) is 1.09. The summed E-state index contributed by atoms with van der Waals surface area (Å²) in [7, 11) is 0. The summed E-state index contributed by atoms with van der Waals surface area (Å²) in [6.07, 6.45) is 1.68. The Morgan fingerprint density at radius 2 is 2.07 bits per heavy atom. The molecule has 2 rings (SSSR count). The van der Waals surface area contributed by atoms with Crippen molar-refractivity contribution in [2.24, 2.45) is 10.1 Å². The van der Waals surface area contributed by atoms with E-state index in [1.165, 1.54) is 0 Å². The van der Waals surface area contributed by atoms with E-state index in [-0.39, 0.29) is 12.4 Å². The second kappa shape index (κ2) is 6.03. The first-order valence-corrected chi connectivity index (χ1v) is 4.44. The molecule has 0 atom stereocenters. The zero-order chi connectivity index (χ0) is 9.64. The van der Waals surface area contributed by atoms with Crippen LogP contribution in [0.1, 0.15) is 0 Å². The van der Waals surface area contributed by atoms with Gasteiger partial charge in [-0.3, -0.25) is 4.99 Å². The minimum absolute atomic E-state index is 0. The van der Waals surface area contributed by atoms with E-state index >= 15 is 0 Å². The van der Waals surface area contributed by atoms with Crippen molar-refractivity contribution in [1.82, 2.24) is 5.32 Å². The standard InChI is InChI=1S/C10H11N3O.ClH/c1-2-4-10(5-3-1)14-13-9-6-11-8-12-7-9;/h1-5,8H,6-7H2,(H,11,12);1H. The van der Waals surface area contributed by atoms with Crippen molar-refractivity contribution in [3.63, 3.8) is 0 Å². The number of nitrogens with one attached hydrogen (secondary N) is 1. The Labute approximate surface area is 94.4 Å². The third-order valence-electron chi connectivity index (χ3n) is 1.79. The van der Waals surface area contributed by atoms with Gasteiger partial charge in [0.25, 0.3) is 0 Å². The molecule has 0 spiro atoms. The highest BCUT2D eigenvalue weighted by Gasteiger charge is 2.01. The van der Waals surface area contributed by atoms with Crippen LogP contribution in [0.15, 0.2) is 40.5 Å². The van der Waals surface area contributed by atoms with Gasteiger partial charge in [0.15, 0.2) is 5.75 Å². The Hall–Kier alpha value is -1.55. The van der Waals surface area contributed by atoms with Crippen molar-refractivity contribution < 1.29 is 4.84 Å². The number of rotatable bonds is 2. The molecular weight excluding hydrogens is 214 g/mol. The van der Waals surface area contributed by atoms with Gasteiger partial charge in [0, 0.05) is 0 Å². The predicted molar refractivity (Wildman–Crippen MR) is 63.1 cm³/mol. The monoisotopic (exact) mass is 225 g/mol. The maximum atomic E-state index is 5.22. The van der Waals surface area contributed by atoms with Gasteiger partial charge in [-0.2, -0.15) is 0 Å². The Morgan fingerprint density at radius 3 is 2.73 bits per heavy atom. The van der Waals surface area contributed by atoms with Crippen molar-refractivity contribution in [2.75, 3.05) is 13.1 Å². The van der Waals surface area contributed by atoms with Crippen LogP contribution in [0.5, 0.6) is 5.75 Å². The molecule has 1 aromatic rings. The maximum Gasteiger partial charge on any atom is 0.157 e. The van der Waals surface area contributed by atoms with Gasteiger partial charge >= 0.3 is 0 Å². The van der Waals surface area contributed by atoms with Gasteiger partial charge < -0.3 is 10.2 Å². The van der Waals surface area contributed by atoms with Crippen LogP contribution in [-0.2, 0) is 0 Å². The third kappa shape index (κ3) is 3.59. The summed E-state index contributed by atoms with van der Waals surface area (Å²) in [5.41, 5.74) is 0.899. The van der Waals surface area contributed by atoms with Gasteiger partial charge in [0.2, 0.25) is 0 Å². The summed E-state index contributed by atoms with van der Waals surface area (Å²) < 4.78 is 0. The molecule has 0 aromatic heterocycles. The highest BCUT2D eigenvalue weighted by Crippen LogP contribution is 2.08. The van der Waals surface area contributed by atoms with Gasteiger partial charge in [-0.15, -0.1) is 12.4 Å². The smallest absolute Gasteiger partial charge is 0.157 e. The van der Waals surface area contributed by atoms with Crippen molar-refractivity contribution in [3.05, 3.63) is 30.3 Å². The number of hydrogen-bond donors (Lipinski definition) is 1. The van der Waals surface area contributed by atoms with E-state index in [1.54, 1.807) is 6.34 Å². The Balaban J connectivity index is 0.00000112. The number of para-hydroxylation sites is 1. The minimum atomic E-state index is 0. The van der Waals surface area contributed by atoms with Crippen molar-refractivity contribution in [3.8, 4) is 5.75 Å². The zero-order valence-corrected chi connectivity index (χ0v) is 8.91. The molecule has 0 amide bonds. The molecule has 5 heteroatoms. The van der Waals surface area contributed by atoms with Gasteiger partial charge in [0.1, 0.15) is 0 Å². The fourth-order valence-electron chi connectivity index (χ4n) is 1.09. The van der Waals surface area contributed by atoms with E-state index in [1.807, 2.05) is 30.3 Å². The molecule has 1 heterocycles. The topological polar surface area (TPSA) is 46.0 Å². The minimum Gasteiger partial charge on any atom is -0.371 e. The van der Waals surface area contributed by atoms with Crippen molar-refractivity contribution >= 4 is 24.5 Å². The van der Waals surface area contributed by atoms with Crippen LogP contribution in [0.4, 0.5) is 0 Å². The highest BCUT2D eigenvalue weighted by molar-refractivity contribution is 5.92. The van der Waals surface area contributed by atoms with Crippen molar-refractivity contribution in [1.29, 1.82) is 0 Å². The number of benzene rings is 1. The molecule has 15 heavy (non-hydrogen) atoms. The fraction of sp³-hybridized carbons (Fsp3) is 0.200. The summed E-state index contributed by atoms with van der Waals surface area (Å²) in [5.74, 6) is 0.745. The molecule has 0 unspecified atom stereocenters. The maximum absolute atomic E-state index is 5.22. The largest absolute Gasteiger partial charge is 0.371 e. The summed E-state index contributed by atoms with van der Waals surface area (Å²) in [5, 5.41) is 6.96. The first-order valence-electron chi connectivity index (χ1n) is 4.44. The average molecular weight is 226 g/mol. The molecule has 0 saturated carbocycles. The first-order chi connectivity index (χ1) is 6.95. The molecule has 4 nitrogen and oxygen atoms in total. The average Bonchev–Trinajstić information content (AvgIpc) is 2.29. The molecule has 0 saturated heterocycles. The molecule has 80 valence electrons. The van der Waals surface area contributed by atoms with E-state index in [4.69, 9.17) is 4.84 Å². The van der Waals surface area contributed by atoms with Crippen LogP contribution in [0.25, 0.3) is 0 Å². The van der Waals surface area contributed by atoms with E-state index in [0.29, 0.717) is 13.1 Å². The lowest BCUT2D eigenvalue weighted by Gasteiger charge is -2.07. The van der Waals surface area contributed by atoms with Crippen molar-refractivity contribution in [2.45, 2.75) is 0 Å². The van der Waals surface area contributed by atoms with E-state index in [2.05, 4.69) is 15.5 Å². The van der Waals surface area contributed by atoms with Gasteiger partial charge in [-0.1, -0.05) is 23.4 Å². The lowest BCUT2D eigenvalue weighted by Crippen LogP contribution is -2.29. The Kier molecular flexibility index (Phi) is 4.63. The van der Waals surface area contributed by atoms with Gasteiger partial charge in [-0.05, 0) is 12.1 Å². The molecule has 0 aliphatic carbocycles. The van der Waals surface area contributed by atoms with Crippen LogP contribution >= 0.6 is 12.4 Å². The van der Waals surface area contributed by atoms with Crippen LogP contribution in [0.2, 0.25) is 0 Å². The Bertz CT molecular complexity index is 351. The highest BCUT2D eigenvalue weighted by atomic mass is 35.5. The predicted octanol–water partition coefficient (Wildman–Crippen LogP) is 1.47. The molecule has 0 fully saturated rings. The molecule has 1 N–H and O–H groups in total. The van der Waals surface area contributed by atoms with Crippen LogP contribution < -0.4 is 10.2 Å². The summed E-state index contributed by atoms with van der Waals surface area (Å²) >= 11 is 0. The molecule has 0 radical (unpaired) electrons. The van der Waals surface area contributed by atoms with Crippen LogP contribution in [0.3, 0.4) is 0 Å². The number of hydrogen-bond acceptors (Lipinski definition) is 4. The van der Waals surface area contributed by atoms with E-state index in [9.17, 15) is 0 Å². The van der Waals surface area contributed by atoms with E-state index in [0.717, 1.165) is 11.5 Å². The normalized spacial score (nSPS) is 16.7. The van der Waals surface area contributed by atoms with Gasteiger partial charge in [0.05, 0.1) is 25.1 Å². The SMILES string of the molecule is C1=NCC(=NOc2ccccc2)CN1.Cl. The lowest BCUT2D eigenvalue weighted by atomic mass is 10.3. The molecule has 1 aliphatic rings. The quantitative estimate of drug-likeness (QED) is 0.775. The summed E-state index contributed by atoms with van der Waals surface area (Å²) in [6.45, 7) is 1.32. The van der Waals surface area contributed by atoms with Gasteiger partial charge in [-0.25, -0.2) is 0 Å². The summed E-state index contributed by atoms with van der Waals surface area (Å²) in [6, 6.07) is 9.49. The van der Waals surface area contributed by atoms with Crippen LogP contribution in [-0.4, -0.2) is 25.1 Å².